The van der Waals surface area contributed by atoms with Gasteiger partial charge in [-0.1, -0.05) is 6.08 Å². The molecule has 0 aromatic heterocycles. The molecule has 0 aliphatic carbocycles. The lowest BCUT2D eigenvalue weighted by molar-refractivity contribution is 0.389. The van der Waals surface area contributed by atoms with Crippen LogP contribution in [0.5, 0.6) is 0 Å². The first kappa shape index (κ1) is 4.85. The molecule has 0 aromatic rings. The average Bonchev–Trinajstić information content (AvgIpc) is 2.22. The Bertz CT molecular complexity index is 78.2. The standard InChI is InChI=1S/C6H9O/c1-3-4-6-5(2)7-6/h3,5-6H,1-2,4H2. The third kappa shape index (κ3) is 1.03. The number of hydrogen-bond donors (Lipinski definition) is 0. The molecule has 1 fully saturated rings. The first-order chi connectivity index (χ1) is 3.34. The maximum Gasteiger partial charge on any atom is 0.0876 e. The molecule has 0 spiro atoms. The van der Waals surface area contributed by atoms with Gasteiger partial charge in [0.1, 0.15) is 0 Å². The predicted octanol–water partition coefficient (Wildman–Crippen LogP) is 1.16. The summed E-state index contributed by atoms with van der Waals surface area (Å²) in [7, 11) is 0. The smallest absolute Gasteiger partial charge is 0.0876 e. The fourth-order valence-electron chi connectivity index (χ4n) is 0.551. The maximum atomic E-state index is 4.97. The highest BCUT2D eigenvalue weighted by Gasteiger charge is 2.32. The van der Waals surface area contributed by atoms with Gasteiger partial charge in [-0.15, -0.1) is 6.58 Å². The maximum absolute atomic E-state index is 4.97. The van der Waals surface area contributed by atoms with E-state index in [-0.39, 0.29) is 6.10 Å². The predicted molar refractivity (Wildman–Crippen MR) is 28.8 cm³/mol. The summed E-state index contributed by atoms with van der Waals surface area (Å²) in [6.45, 7) is 7.25. The van der Waals surface area contributed by atoms with Gasteiger partial charge in [0.25, 0.3) is 0 Å². The summed E-state index contributed by atoms with van der Waals surface area (Å²) in [5.74, 6) is 0. The van der Waals surface area contributed by atoms with Crippen LogP contribution in [0.1, 0.15) is 6.42 Å². The van der Waals surface area contributed by atoms with Crippen LogP contribution in [-0.2, 0) is 4.74 Å². The van der Waals surface area contributed by atoms with Gasteiger partial charge in [0, 0.05) is 0 Å². The Labute approximate surface area is 44.0 Å². The molecule has 2 atom stereocenters. The van der Waals surface area contributed by atoms with Crippen molar-refractivity contribution < 1.29 is 4.74 Å². The number of rotatable bonds is 2. The zero-order valence-corrected chi connectivity index (χ0v) is 4.26. The molecule has 1 saturated heterocycles. The van der Waals surface area contributed by atoms with Crippen molar-refractivity contribution in [2.45, 2.75) is 18.6 Å². The summed E-state index contributed by atoms with van der Waals surface area (Å²) in [4.78, 5) is 0. The van der Waals surface area contributed by atoms with Crippen LogP contribution in [0.2, 0.25) is 0 Å². The molecule has 0 N–H and O–H groups in total. The molecular weight excluding hydrogens is 88.1 g/mol. The van der Waals surface area contributed by atoms with E-state index < -0.39 is 0 Å². The lowest BCUT2D eigenvalue weighted by Gasteiger charge is -1.76. The van der Waals surface area contributed by atoms with Crippen molar-refractivity contribution >= 4 is 0 Å². The molecule has 0 amide bonds. The molecule has 39 valence electrons. The normalized spacial score (nSPS) is 37.9. The first-order valence-electron chi connectivity index (χ1n) is 2.44. The van der Waals surface area contributed by atoms with Crippen LogP contribution in [0, 0.1) is 6.92 Å². The van der Waals surface area contributed by atoms with Gasteiger partial charge in [0.2, 0.25) is 0 Å². The van der Waals surface area contributed by atoms with Crippen molar-refractivity contribution in [3.63, 3.8) is 0 Å². The van der Waals surface area contributed by atoms with Gasteiger partial charge in [-0.3, -0.25) is 0 Å². The minimum absolute atomic E-state index is 0.248. The minimum Gasteiger partial charge on any atom is -0.369 e. The zero-order chi connectivity index (χ0) is 5.28. The van der Waals surface area contributed by atoms with Crippen molar-refractivity contribution in [3.05, 3.63) is 19.6 Å². The summed E-state index contributed by atoms with van der Waals surface area (Å²) in [6, 6.07) is 0. The zero-order valence-electron chi connectivity index (χ0n) is 4.26. The van der Waals surface area contributed by atoms with E-state index in [1.165, 1.54) is 0 Å². The van der Waals surface area contributed by atoms with Gasteiger partial charge in [-0.2, -0.15) is 0 Å². The molecule has 1 nitrogen and oxygen atoms in total. The van der Waals surface area contributed by atoms with E-state index in [0.717, 1.165) is 6.42 Å². The molecule has 0 bridgehead atoms. The molecule has 1 aliphatic heterocycles. The van der Waals surface area contributed by atoms with E-state index in [1.54, 1.807) is 0 Å². The van der Waals surface area contributed by atoms with Crippen LogP contribution in [0.15, 0.2) is 12.7 Å². The topological polar surface area (TPSA) is 12.5 Å². The van der Waals surface area contributed by atoms with Crippen molar-refractivity contribution in [1.29, 1.82) is 0 Å². The van der Waals surface area contributed by atoms with Crippen LogP contribution in [0.25, 0.3) is 0 Å². The molecule has 2 unspecified atom stereocenters. The van der Waals surface area contributed by atoms with Crippen molar-refractivity contribution in [2.24, 2.45) is 0 Å². The summed E-state index contributed by atoms with van der Waals surface area (Å²) >= 11 is 0. The van der Waals surface area contributed by atoms with Crippen LogP contribution in [0.3, 0.4) is 0 Å². The Kier molecular flexibility index (Phi) is 1.15. The summed E-state index contributed by atoms with van der Waals surface area (Å²) in [6.07, 6.45) is 3.44. The Morgan fingerprint density at radius 3 is 2.43 bits per heavy atom. The Hall–Kier alpha value is -0.300. The van der Waals surface area contributed by atoms with Gasteiger partial charge in [-0.25, -0.2) is 0 Å². The molecule has 1 rings (SSSR count). The summed E-state index contributed by atoms with van der Waals surface area (Å²) in [5, 5.41) is 0. The molecular formula is C6H9O. The first-order valence-corrected chi connectivity index (χ1v) is 2.44. The van der Waals surface area contributed by atoms with Gasteiger partial charge in [0.05, 0.1) is 12.2 Å². The molecule has 0 saturated carbocycles. The monoisotopic (exact) mass is 97.1 g/mol. The fourth-order valence-corrected chi connectivity index (χ4v) is 0.551. The molecule has 1 heterocycles. The lowest BCUT2D eigenvalue weighted by atomic mass is 10.2. The highest BCUT2D eigenvalue weighted by atomic mass is 16.6. The number of ether oxygens (including phenoxy) is 1. The molecule has 1 aliphatic rings. The Balaban J connectivity index is 2.08. The SMILES string of the molecule is [CH2]C1OC1CC=C. The second-order valence-electron chi connectivity index (χ2n) is 1.74. The average molecular weight is 97.1 g/mol. The lowest BCUT2D eigenvalue weighted by Crippen LogP contribution is -1.83. The fraction of sp³-hybridized carbons (Fsp3) is 0.500. The molecule has 1 heteroatoms. The Morgan fingerprint density at radius 1 is 1.71 bits per heavy atom. The third-order valence-electron chi connectivity index (χ3n) is 1.09. The molecule has 0 aromatic carbocycles. The summed E-state index contributed by atoms with van der Waals surface area (Å²) in [5.41, 5.74) is 0. The van der Waals surface area contributed by atoms with E-state index in [9.17, 15) is 0 Å². The van der Waals surface area contributed by atoms with E-state index in [0.29, 0.717) is 6.10 Å². The van der Waals surface area contributed by atoms with Gasteiger partial charge in [0.15, 0.2) is 0 Å². The van der Waals surface area contributed by atoms with Gasteiger partial charge >= 0.3 is 0 Å². The van der Waals surface area contributed by atoms with Gasteiger partial charge < -0.3 is 4.74 Å². The third-order valence-corrected chi connectivity index (χ3v) is 1.09. The highest BCUT2D eigenvalue weighted by molar-refractivity contribution is 4.91. The van der Waals surface area contributed by atoms with Crippen molar-refractivity contribution in [1.82, 2.24) is 0 Å². The van der Waals surface area contributed by atoms with Crippen LogP contribution >= 0.6 is 0 Å². The van der Waals surface area contributed by atoms with Crippen molar-refractivity contribution in [2.75, 3.05) is 0 Å². The molecule has 7 heavy (non-hydrogen) atoms. The van der Waals surface area contributed by atoms with Gasteiger partial charge in [-0.05, 0) is 13.3 Å². The Morgan fingerprint density at radius 2 is 2.29 bits per heavy atom. The van der Waals surface area contributed by atoms with Crippen LogP contribution in [-0.4, -0.2) is 12.2 Å². The number of hydrogen-bond acceptors (Lipinski definition) is 1. The summed E-state index contributed by atoms with van der Waals surface area (Å²) < 4.78 is 4.97. The molecule has 1 radical (unpaired) electrons. The quantitative estimate of drug-likeness (QED) is 0.372. The second-order valence-corrected chi connectivity index (χ2v) is 1.74. The minimum atomic E-state index is 0.248. The van der Waals surface area contributed by atoms with Crippen molar-refractivity contribution in [3.8, 4) is 0 Å². The van der Waals surface area contributed by atoms with E-state index in [4.69, 9.17) is 4.74 Å². The largest absolute Gasteiger partial charge is 0.369 e. The van der Waals surface area contributed by atoms with E-state index in [1.807, 2.05) is 6.08 Å². The highest BCUT2D eigenvalue weighted by Crippen LogP contribution is 2.23. The van der Waals surface area contributed by atoms with E-state index in [2.05, 4.69) is 13.5 Å². The van der Waals surface area contributed by atoms with Crippen LogP contribution < -0.4 is 0 Å². The second kappa shape index (κ2) is 1.66. The van der Waals surface area contributed by atoms with Crippen LogP contribution in [0.4, 0.5) is 0 Å². The van der Waals surface area contributed by atoms with E-state index >= 15 is 0 Å². The number of epoxide rings is 1.